The monoisotopic (exact) mass is 310 g/mol. The lowest BCUT2D eigenvalue weighted by molar-refractivity contribution is 0.0910. The number of carbonyl (C=O) groups is 2. The van der Waals surface area contributed by atoms with Crippen molar-refractivity contribution in [3.63, 3.8) is 0 Å². The van der Waals surface area contributed by atoms with Crippen molar-refractivity contribution in [2.45, 2.75) is 40.5 Å². The number of hydrogen-bond acceptors (Lipinski definition) is 2. The molecule has 2 N–H and O–H groups in total. The van der Waals surface area contributed by atoms with Crippen molar-refractivity contribution < 1.29 is 9.59 Å². The molecule has 0 aliphatic heterocycles. The first kappa shape index (κ1) is 15.5. The van der Waals surface area contributed by atoms with Gasteiger partial charge < -0.3 is 10.3 Å². The molecule has 0 unspecified atom stereocenters. The predicted octanol–water partition coefficient (Wildman–Crippen LogP) is 3.35. The zero-order chi connectivity index (χ0) is 16.9. The van der Waals surface area contributed by atoms with Gasteiger partial charge in [-0.15, -0.1) is 0 Å². The number of carbonyl (C=O) groups excluding carboxylic acids is 2. The van der Waals surface area contributed by atoms with Crippen molar-refractivity contribution in [1.82, 2.24) is 4.57 Å². The van der Waals surface area contributed by atoms with Crippen LogP contribution in [0, 0.1) is 19.3 Å². The van der Waals surface area contributed by atoms with Gasteiger partial charge in [-0.3, -0.25) is 9.59 Å². The average molecular weight is 310 g/mol. The van der Waals surface area contributed by atoms with E-state index in [9.17, 15) is 9.59 Å². The third-order valence-corrected chi connectivity index (χ3v) is 4.61. The molecule has 3 rings (SSSR count). The molecule has 1 amide bonds. The van der Waals surface area contributed by atoms with E-state index in [4.69, 9.17) is 5.73 Å². The molecule has 4 heteroatoms. The summed E-state index contributed by atoms with van der Waals surface area (Å²) < 4.78 is 2.11. The van der Waals surface area contributed by atoms with Crippen LogP contribution >= 0.6 is 0 Å². The fourth-order valence-electron chi connectivity index (χ4n) is 3.49. The Bertz CT molecular complexity index is 828. The topological polar surface area (TPSA) is 65.1 Å². The minimum Gasteiger partial charge on any atom is -0.366 e. The zero-order valence-corrected chi connectivity index (χ0v) is 14.1. The minimum atomic E-state index is -0.443. The van der Waals surface area contributed by atoms with Gasteiger partial charge in [0.2, 0.25) is 5.91 Å². The summed E-state index contributed by atoms with van der Waals surface area (Å²) in [6, 6.07) is 7.42. The van der Waals surface area contributed by atoms with Crippen LogP contribution in [0.1, 0.15) is 57.9 Å². The molecule has 23 heavy (non-hydrogen) atoms. The van der Waals surface area contributed by atoms with E-state index in [0.717, 1.165) is 34.6 Å². The second-order valence-electron chi connectivity index (χ2n) is 7.29. The molecule has 0 radical (unpaired) electrons. The lowest BCUT2D eigenvalue weighted by atomic mass is 9.76. The first-order valence-corrected chi connectivity index (χ1v) is 7.85. The van der Waals surface area contributed by atoms with E-state index in [1.54, 1.807) is 6.07 Å². The summed E-state index contributed by atoms with van der Waals surface area (Å²) in [5.41, 5.74) is 10.7. The highest BCUT2D eigenvalue weighted by Crippen LogP contribution is 2.38. The van der Waals surface area contributed by atoms with Crippen LogP contribution in [0.4, 0.5) is 0 Å². The molecule has 0 spiro atoms. The van der Waals surface area contributed by atoms with Gasteiger partial charge in [-0.1, -0.05) is 19.9 Å². The van der Waals surface area contributed by atoms with Gasteiger partial charge in [0.05, 0.1) is 0 Å². The van der Waals surface area contributed by atoms with Crippen LogP contribution in [0.25, 0.3) is 5.69 Å². The Labute approximate surface area is 136 Å². The average Bonchev–Trinajstić information content (AvgIpc) is 2.74. The Balaban J connectivity index is 2.25. The van der Waals surface area contributed by atoms with Gasteiger partial charge in [-0.2, -0.15) is 0 Å². The molecule has 0 fully saturated rings. The molecule has 0 atom stereocenters. The highest BCUT2D eigenvalue weighted by atomic mass is 16.1. The van der Waals surface area contributed by atoms with E-state index in [1.165, 1.54) is 0 Å². The van der Waals surface area contributed by atoms with Crippen molar-refractivity contribution in [1.29, 1.82) is 0 Å². The molecule has 1 aliphatic carbocycles. The van der Waals surface area contributed by atoms with E-state index in [0.29, 0.717) is 12.0 Å². The van der Waals surface area contributed by atoms with Gasteiger partial charge in [0.15, 0.2) is 5.78 Å². The standard InChI is InChI=1S/C19H22N2O2/c1-11-5-6-13(18(20)23)8-15(11)21-12(2)7-14-16(21)9-19(3,4)10-17(14)22/h5-8H,9-10H2,1-4H3,(H2,20,23). The summed E-state index contributed by atoms with van der Waals surface area (Å²) in [4.78, 5) is 24.0. The largest absolute Gasteiger partial charge is 0.366 e. The summed E-state index contributed by atoms with van der Waals surface area (Å²) in [5.74, 6) is -0.247. The first-order valence-electron chi connectivity index (χ1n) is 7.85. The van der Waals surface area contributed by atoms with Crippen LogP contribution in [0.2, 0.25) is 0 Å². The predicted molar refractivity (Wildman–Crippen MR) is 90.2 cm³/mol. The highest BCUT2D eigenvalue weighted by Gasteiger charge is 2.34. The number of rotatable bonds is 2. The Morgan fingerprint density at radius 2 is 1.87 bits per heavy atom. The van der Waals surface area contributed by atoms with E-state index >= 15 is 0 Å². The number of aromatic nitrogens is 1. The molecule has 120 valence electrons. The molecule has 0 saturated heterocycles. The molecule has 0 bridgehead atoms. The molecule has 1 heterocycles. The number of primary amides is 1. The van der Waals surface area contributed by atoms with Crippen molar-refractivity contribution >= 4 is 11.7 Å². The normalized spacial score (nSPS) is 16.3. The third kappa shape index (κ3) is 2.58. The van der Waals surface area contributed by atoms with Crippen LogP contribution < -0.4 is 5.73 Å². The zero-order valence-electron chi connectivity index (χ0n) is 14.1. The summed E-state index contributed by atoms with van der Waals surface area (Å²) in [5, 5.41) is 0. The SMILES string of the molecule is Cc1ccc(C(N)=O)cc1-n1c(C)cc2c1CC(C)(C)CC2=O. The molecular weight excluding hydrogens is 288 g/mol. The van der Waals surface area contributed by atoms with Gasteiger partial charge in [-0.05, 0) is 49.4 Å². The molecule has 4 nitrogen and oxygen atoms in total. The van der Waals surface area contributed by atoms with E-state index in [2.05, 4.69) is 18.4 Å². The number of nitrogens with zero attached hydrogens (tertiary/aromatic N) is 1. The maximum absolute atomic E-state index is 12.5. The Morgan fingerprint density at radius 1 is 1.17 bits per heavy atom. The van der Waals surface area contributed by atoms with Crippen molar-refractivity contribution in [3.05, 3.63) is 52.3 Å². The molecule has 1 aromatic heterocycles. The van der Waals surface area contributed by atoms with Gasteiger partial charge in [0, 0.05) is 34.6 Å². The Hall–Kier alpha value is -2.36. The minimum absolute atomic E-state index is 0.0537. The van der Waals surface area contributed by atoms with E-state index in [1.807, 2.05) is 32.0 Å². The molecule has 1 aromatic carbocycles. The smallest absolute Gasteiger partial charge is 0.248 e. The lowest BCUT2D eigenvalue weighted by Gasteiger charge is -2.30. The van der Waals surface area contributed by atoms with Crippen molar-refractivity contribution in [2.24, 2.45) is 11.1 Å². The van der Waals surface area contributed by atoms with Gasteiger partial charge >= 0.3 is 0 Å². The van der Waals surface area contributed by atoms with Gasteiger partial charge in [-0.25, -0.2) is 0 Å². The van der Waals surface area contributed by atoms with E-state index < -0.39 is 5.91 Å². The number of benzene rings is 1. The quantitative estimate of drug-likeness (QED) is 0.924. The first-order chi connectivity index (χ1) is 10.7. The van der Waals surface area contributed by atoms with Crippen LogP contribution in [0.3, 0.4) is 0 Å². The number of ketones is 1. The lowest BCUT2D eigenvalue weighted by Crippen LogP contribution is -2.28. The fourth-order valence-corrected chi connectivity index (χ4v) is 3.49. The summed E-state index contributed by atoms with van der Waals surface area (Å²) in [7, 11) is 0. The highest BCUT2D eigenvalue weighted by molar-refractivity contribution is 5.99. The second-order valence-corrected chi connectivity index (χ2v) is 7.29. The van der Waals surface area contributed by atoms with Gasteiger partial charge in [0.25, 0.3) is 0 Å². The van der Waals surface area contributed by atoms with Crippen molar-refractivity contribution in [3.8, 4) is 5.69 Å². The third-order valence-electron chi connectivity index (χ3n) is 4.61. The maximum Gasteiger partial charge on any atom is 0.248 e. The van der Waals surface area contributed by atoms with Crippen LogP contribution in [0.5, 0.6) is 0 Å². The van der Waals surface area contributed by atoms with Crippen LogP contribution in [0.15, 0.2) is 24.3 Å². The van der Waals surface area contributed by atoms with E-state index in [-0.39, 0.29) is 11.2 Å². The number of amides is 1. The Morgan fingerprint density at radius 3 is 2.52 bits per heavy atom. The molecular formula is C19H22N2O2. The fraction of sp³-hybridized carbons (Fsp3) is 0.368. The van der Waals surface area contributed by atoms with Crippen LogP contribution in [-0.2, 0) is 6.42 Å². The summed E-state index contributed by atoms with van der Waals surface area (Å²) >= 11 is 0. The second kappa shape index (κ2) is 5.08. The van der Waals surface area contributed by atoms with Gasteiger partial charge in [0.1, 0.15) is 0 Å². The molecule has 0 saturated carbocycles. The number of hydrogen-bond donors (Lipinski definition) is 1. The maximum atomic E-state index is 12.5. The molecule has 2 aromatic rings. The molecule has 1 aliphatic rings. The van der Waals surface area contributed by atoms with Crippen LogP contribution in [-0.4, -0.2) is 16.3 Å². The number of aryl methyl sites for hydroxylation is 2. The summed E-state index contributed by atoms with van der Waals surface area (Å²) in [6.45, 7) is 8.23. The Kier molecular flexibility index (Phi) is 3.43. The summed E-state index contributed by atoms with van der Waals surface area (Å²) in [6.07, 6.45) is 1.41. The number of fused-ring (bicyclic) bond motifs is 1. The van der Waals surface area contributed by atoms with Crippen molar-refractivity contribution in [2.75, 3.05) is 0 Å². The number of nitrogens with two attached hydrogens (primary N) is 1. The number of Topliss-reactive ketones (excluding diaryl/α,β-unsaturated/α-hetero) is 1.